The highest BCUT2D eigenvalue weighted by molar-refractivity contribution is 7.45. The quantitative estimate of drug-likeness (QED) is 0.0272. The maximum atomic E-state index is 13.0. The van der Waals surface area contributed by atoms with Crippen LogP contribution in [0.1, 0.15) is 361 Å². The normalized spacial score (nSPS) is 13.7. The molecule has 2 N–H and O–H groups in total. The highest BCUT2D eigenvalue weighted by atomic mass is 31.2. The van der Waals surface area contributed by atoms with Gasteiger partial charge in [-0.25, -0.2) is 0 Å². The molecule has 8 nitrogen and oxygen atoms in total. The zero-order chi connectivity index (χ0) is 55.6. The summed E-state index contributed by atoms with van der Waals surface area (Å²) in [5.41, 5.74) is 0. The number of aliphatic hydroxyl groups excluding tert-OH is 1. The maximum absolute atomic E-state index is 13.0. The first-order chi connectivity index (χ1) is 37.0. The third-order valence-electron chi connectivity index (χ3n) is 16.0. The number of unbranched alkanes of at least 4 members (excludes halogenated alkanes) is 51. The summed E-state index contributed by atoms with van der Waals surface area (Å²) in [6, 6.07) is -0.883. The number of carbonyl (C=O) groups is 1. The molecule has 0 saturated heterocycles. The second-order valence-electron chi connectivity index (χ2n) is 24.9. The van der Waals surface area contributed by atoms with Crippen LogP contribution in [0.4, 0.5) is 0 Å². The van der Waals surface area contributed by atoms with Gasteiger partial charge in [-0.2, -0.15) is 0 Å². The van der Waals surface area contributed by atoms with E-state index in [-0.39, 0.29) is 19.1 Å². The van der Waals surface area contributed by atoms with Gasteiger partial charge in [0.1, 0.15) is 13.2 Å². The van der Waals surface area contributed by atoms with Crippen LogP contribution >= 0.6 is 7.82 Å². The standard InChI is InChI=1S/C67H135N2O6P/c1-6-8-10-12-14-16-18-20-22-24-26-28-30-32-34-35-36-38-40-42-44-46-48-50-52-54-56-58-60-66(70)65(64-75-76(72,73)74-63-62-69(3,4)5)68-67(71)61-59-57-55-53-51-49-47-45-43-41-39-37-33-31-29-27-25-23-21-19-17-15-13-11-9-7-2/h58,60,65-66,70H,6-57,59,61-64H2,1-5H3,(H-,68,71,72,73)/b60-58+. The van der Waals surface area contributed by atoms with Crippen LogP contribution in [-0.2, 0) is 18.4 Å². The Morgan fingerprint density at radius 1 is 0.447 bits per heavy atom. The first-order valence-corrected chi connectivity index (χ1v) is 35.5. The summed E-state index contributed by atoms with van der Waals surface area (Å²) in [6.07, 6.45) is 74.7. The molecule has 0 aromatic heterocycles. The van der Waals surface area contributed by atoms with Gasteiger partial charge in [-0.1, -0.05) is 347 Å². The highest BCUT2D eigenvalue weighted by Crippen LogP contribution is 2.38. The number of aliphatic hydroxyl groups is 1. The van der Waals surface area contributed by atoms with E-state index in [9.17, 15) is 19.4 Å². The Morgan fingerprint density at radius 2 is 0.711 bits per heavy atom. The van der Waals surface area contributed by atoms with E-state index in [0.29, 0.717) is 17.4 Å². The lowest BCUT2D eigenvalue weighted by Gasteiger charge is -2.29. The fraction of sp³-hybridized carbons (Fsp3) is 0.955. The van der Waals surface area contributed by atoms with Gasteiger partial charge in [0.2, 0.25) is 5.91 Å². The maximum Gasteiger partial charge on any atom is 0.268 e. The molecule has 0 radical (unpaired) electrons. The van der Waals surface area contributed by atoms with Gasteiger partial charge in [-0.05, 0) is 19.3 Å². The topological polar surface area (TPSA) is 108 Å². The first kappa shape index (κ1) is 75.2. The van der Waals surface area contributed by atoms with Gasteiger partial charge in [-0.3, -0.25) is 9.36 Å². The number of rotatable bonds is 64. The fourth-order valence-electron chi connectivity index (χ4n) is 10.7. The van der Waals surface area contributed by atoms with Crippen LogP contribution in [0.3, 0.4) is 0 Å². The van der Waals surface area contributed by atoms with Crippen molar-refractivity contribution in [2.45, 2.75) is 373 Å². The zero-order valence-corrected chi connectivity index (χ0v) is 52.9. The van der Waals surface area contributed by atoms with Crippen molar-refractivity contribution >= 4 is 13.7 Å². The minimum absolute atomic E-state index is 0.00298. The van der Waals surface area contributed by atoms with Gasteiger partial charge in [-0.15, -0.1) is 0 Å². The summed E-state index contributed by atoms with van der Waals surface area (Å²) in [6.45, 7) is 4.72. The SMILES string of the molecule is CCCCCCCCCCCCCCCCCCCCCCCCCCCC/C=C/C(O)C(COP(=O)([O-])OCC[N+](C)(C)C)NC(=O)CCCCCCCCCCCCCCCCCCCCCCCCCCCC. The van der Waals surface area contributed by atoms with Gasteiger partial charge in [0.25, 0.3) is 7.82 Å². The van der Waals surface area contributed by atoms with Crippen LogP contribution in [0.2, 0.25) is 0 Å². The van der Waals surface area contributed by atoms with E-state index in [0.717, 1.165) is 38.5 Å². The van der Waals surface area contributed by atoms with Crippen molar-refractivity contribution in [2.75, 3.05) is 40.9 Å². The Morgan fingerprint density at radius 3 is 0.987 bits per heavy atom. The molecule has 1 amide bonds. The number of nitrogens with one attached hydrogen (secondary N) is 1. The molecule has 0 fully saturated rings. The number of nitrogens with zero attached hydrogens (tertiary/aromatic N) is 1. The number of carbonyl (C=O) groups excluding carboxylic acids is 1. The van der Waals surface area contributed by atoms with Crippen molar-refractivity contribution < 1.29 is 32.9 Å². The van der Waals surface area contributed by atoms with E-state index < -0.39 is 20.0 Å². The lowest BCUT2D eigenvalue weighted by molar-refractivity contribution is -0.870. The number of amides is 1. The number of hydrogen-bond acceptors (Lipinski definition) is 6. The van der Waals surface area contributed by atoms with Gasteiger partial charge in [0.15, 0.2) is 0 Å². The summed E-state index contributed by atoms with van der Waals surface area (Å²) >= 11 is 0. The molecule has 0 aromatic rings. The predicted molar refractivity (Wildman–Crippen MR) is 330 cm³/mol. The number of likely N-dealkylation sites (N-methyl/N-ethyl adjacent to an activating group) is 1. The summed E-state index contributed by atoms with van der Waals surface area (Å²) in [5.74, 6) is -0.188. The molecule has 454 valence electrons. The highest BCUT2D eigenvalue weighted by Gasteiger charge is 2.23. The van der Waals surface area contributed by atoms with E-state index >= 15 is 0 Å². The molecule has 0 bridgehead atoms. The average molecular weight is 1100 g/mol. The molecule has 0 aromatic carbocycles. The number of phosphoric ester groups is 1. The average Bonchev–Trinajstić information content (AvgIpc) is 3.38. The molecular formula is C67H135N2O6P. The van der Waals surface area contributed by atoms with E-state index in [1.165, 1.54) is 302 Å². The van der Waals surface area contributed by atoms with E-state index in [1.807, 2.05) is 27.2 Å². The molecule has 0 aliphatic rings. The number of quaternary nitrogens is 1. The number of hydrogen-bond donors (Lipinski definition) is 2. The first-order valence-electron chi connectivity index (χ1n) is 34.1. The largest absolute Gasteiger partial charge is 0.756 e. The van der Waals surface area contributed by atoms with Crippen molar-refractivity contribution in [1.29, 1.82) is 0 Å². The van der Waals surface area contributed by atoms with E-state index in [4.69, 9.17) is 9.05 Å². The fourth-order valence-corrected chi connectivity index (χ4v) is 11.4. The molecule has 0 aliphatic carbocycles. The van der Waals surface area contributed by atoms with Crippen molar-refractivity contribution in [2.24, 2.45) is 0 Å². The summed E-state index contributed by atoms with van der Waals surface area (Å²) in [7, 11) is 1.28. The van der Waals surface area contributed by atoms with Crippen molar-refractivity contribution in [3.63, 3.8) is 0 Å². The van der Waals surface area contributed by atoms with Crippen LogP contribution in [0.5, 0.6) is 0 Å². The summed E-state index contributed by atoms with van der Waals surface area (Å²) in [4.78, 5) is 25.6. The van der Waals surface area contributed by atoms with Crippen molar-refractivity contribution in [3.8, 4) is 0 Å². The van der Waals surface area contributed by atoms with Crippen LogP contribution in [0.15, 0.2) is 12.2 Å². The second kappa shape index (κ2) is 58.9. The second-order valence-corrected chi connectivity index (χ2v) is 26.3. The Balaban J connectivity index is 4.06. The number of allylic oxidation sites excluding steroid dienone is 1. The Kier molecular flexibility index (Phi) is 58.3. The zero-order valence-electron chi connectivity index (χ0n) is 52.0. The van der Waals surface area contributed by atoms with Crippen molar-refractivity contribution in [3.05, 3.63) is 12.2 Å². The smallest absolute Gasteiger partial charge is 0.268 e. The lowest BCUT2D eigenvalue weighted by Crippen LogP contribution is -2.45. The molecule has 3 atom stereocenters. The molecule has 3 unspecified atom stereocenters. The van der Waals surface area contributed by atoms with Crippen LogP contribution in [0, 0.1) is 0 Å². The van der Waals surface area contributed by atoms with Crippen LogP contribution in [-0.4, -0.2) is 68.5 Å². The Bertz CT molecular complexity index is 1240. The molecule has 0 rings (SSSR count). The number of phosphoric acid groups is 1. The molecule has 0 aliphatic heterocycles. The lowest BCUT2D eigenvalue weighted by atomic mass is 10.0. The summed E-state index contributed by atoms with van der Waals surface area (Å²) < 4.78 is 23.5. The van der Waals surface area contributed by atoms with Gasteiger partial charge >= 0.3 is 0 Å². The van der Waals surface area contributed by atoms with E-state index in [2.05, 4.69) is 19.2 Å². The minimum atomic E-state index is -4.60. The van der Waals surface area contributed by atoms with Gasteiger partial charge in [0, 0.05) is 6.42 Å². The van der Waals surface area contributed by atoms with Crippen LogP contribution < -0.4 is 10.2 Å². The predicted octanol–water partition coefficient (Wildman–Crippen LogP) is 20.7. The minimum Gasteiger partial charge on any atom is -0.756 e. The van der Waals surface area contributed by atoms with Crippen molar-refractivity contribution in [1.82, 2.24) is 5.32 Å². The van der Waals surface area contributed by atoms with Gasteiger partial charge in [0.05, 0.1) is 39.9 Å². The molecule has 0 heterocycles. The Labute approximate surface area is 475 Å². The Hall–Kier alpha value is -0.760. The third-order valence-corrected chi connectivity index (χ3v) is 17.0. The molecule has 76 heavy (non-hydrogen) atoms. The molecular weight excluding hydrogens is 960 g/mol. The third kappa shape index (κ3) is 60.9. The van der Waals surface area contributed by atoms with E-state index in [1.54, 1.807) is 6.08 Å². The summed E-state index contributed by atoms with van der Waals surface area (Å²) in [5, 5.41) is 14.0. The van der Waals surface area contributed by atoms with Gasteiger partial charge < -0.3 is 28.8 Å². The molecule has 0 spiro atoms. The van der Waals surface area contributed by atoms with Crippen LogP contribution in [0.25, 0.3) is 0 Å². The monoisotopic (exact) mass is 1100 g/mol. The molecule has 0 saturated carbocycles. The molecule has 9 heteroatoms.